The highest BCUT2D eigenvalue weighted by molar-refractivity contribution is 5.81. The van der Waals surface area contributed by atoms with Crippen LogP contribution in [0.4, 0.5) is 4.39 Å². The van der Waals surface area contributed by atoms with Crippen LogP contribution in [0.5, 0.6) is 17.2 Å². The Morgan fingerprint density at radius 2 is 1.94 bits per heavy atom. The molecule has 180 valence electrons. The molecule has 1 unspecified atom stereocenters. The maximum absolute atomic E-state index is 13.4. The largest absolute Gasteiger partial charge is 0.486 e. The Bertz CT molecular complexity index is 1230. The maximum atomic E-state index is 13.4. The van der Waals surface area contributed by atoms with Crippen LogP contribution in [0, 0.1) is 11.7 Å². The molecule has 1 N–H and O–H groups in total. The fourth-order valence-electron chi connectivity index (χ4n) is 4.49. The number of likely N-dealkylation sites (tertiary alicyclic amines) is 1. The van der Waals surface area contributed by atoms with Gasteiger partial charge in [-0.3, -0.25) is 14.8 Å². The third-order valence-electron chi connectivity index (χ3n) is 6.19. The molecule has 3 aliphatic heterocycles. The van der Waals surface area contributed by atoms with Gasteiger partial charge in [0.2, 0.25) is 0 Å². The highest BCUT2D eigenvalue weighted by atomic mass is 19.1. The quantitative estimate of drug-likeness (QED) is 0.619. The molecule has 0 spiro atoms. The van der Waals surface area contributed by atoms with Crippen molar-refractivity contribution in [2.45, 2.75) is 19.5 Å². The zero-order valence-electron chi connectivity index (χ0n) is 19.1. The van der Waals surface area contributed by atoms with Crippen molar-refractivity contribution in [3.8, 4) is 17.2 Å². The van der Waals surface area contributed by atoms with Gasteiger partial charge in [-0.25, -0.2) is 4.39 Å². The van der Waals surface area contributed by atoms with Gasteiger partial charge >= 0.3 is 0 Å². The van der Waals surface area contributed by atoms with E-state index in [1.165, 1.54) is 30.1 Å². The summed E-state index contributed by atoms with van der Waals surface area (Å²) in [5, 5.41) is 3.49. The molecule has 0 aromatic carbocycles. The van der Waals surface area contributed by atoms with E-state index in [4.69, 9.17) is 14.2 Å². The first-order chi connectivity index (χ1) is 16.6. The van der Waals surface area contributed by atoms with Crippen LogP contribution in [0.2, 0.25) is 0 Å². The number of aromatic nitrogens is 3. The lowest BCUT2D eigenvalue weighted by atomic mass is 10.1. The predicted octanol–water partition coefficient (Wildman–Crippen LogP) is 1.82. The molecule has 1 fully saturated rings. The second-order valence-corrected chi connectivity index (χ2v) is 8.71. The summed E-state index contributed by atoms with van der Waals surface area (Å²) in [7, 11) is 2.18. The number of ether oxygens (including phenoxy) is 3. The summed E-state index contributed by atoms with van der Waals surface area (Å²) in [5.74, 6) is 1.94. The van der Waals surface area contributed by atoms with Crippen LogP contribution in [0.1, 0.15) is 12.1 Å². The third kappa shape index (κ3) is 4.83. The zero-order valence-corrected chi connectivity index (χ0v) is 19.1. The first-order valence-electron chi connectivity index (χ1n) is 11.5. The lowest BCUT2D eigenvalue weighted by molar-refractivity contribution is 0.170. The summed E-state index contributed by atoms with van der Waals surface area (Å²) in [5.41, 5.74) is 1.88. The van der Waals surface area contributed by atoms with Crippen molar-refractivity contribution >= 4 is 11.0 Å². The number of hydrogen-bond donors (Lipinski definition) is 1. The lowest BCUT2D eigenvalue weighted by Gasteiger charge is -2.19. The number of nitrogens with zero attached hydrogens (tertiary/aromatic N) is 4. The first kappa shape index (κ1) is 22.5. The normalized spacial score (nSPS) is 18.8. The van der Waals surface area contributed by atoms with E-state index in [1.807, 2.05) is 6.07 Å². The van der Waals surface area contributed by atoms with E-state index in [1.54, 1.807) is 12.3 Å². The van der Waals surface area contributed by atoms with Crippen molar-refractivity contribution in [3.63, 3.8) is 0 Å². The van der Waals surface area contributed by atoms with Gasteiger partial charge in [-0.05, 0) is 38.5 Å². The number of rotatable bonds is 4. The minimum absolute atomic E-state index is 0.129. The smallest absolute Gasteiger partial charge is 0.251 e. The van der Waals surface area contributed by atoms with Crippen molar-refractivity contribution in [1.29, 1.82) is 0 Å². The summed E-state index contributed by atoms with van der Waals surface area (Å²) in [6.45, 7) is 6.24. The Hall–Kier alpha value is -3.24. The van der Waals surface area contributed by atoms with Crippen LogP contribution < -0.4 is 25.1 Å². The predicted molar refractivity (Wildman–Crippen MR) is 124 cm³/mol. The van der Waals surface area contributed by atoms with Gasteiger partial charge in [-0.1, -0.05) is 0 Å². The van der Waals surface area contributed by atoms with Gasteiger partial charge < -0.3 is 29.0 Å². The Morgan fingerprint density at radius 1 is 1.09 bits per heavy atom. The highest BCUT2D eigenvalue weighted by Gasteiger charge is 2.20. The summed E-state index contributed by atoms with van der Waals surface area (Å²) < 4.78 is 31.1. The maximum Gasteiger partial charge on any atom is 0.251 e. The van der Waals surface area contributed by atoms with Crippen molar-refractivity contribution in [2.75, 3.05) is 46.5 Å². The number of fused-ring (bicyclic) bond motifs is 1. The molecule has 0 radical (unpaired) electrons. The van der Waals surface area contributed by atoms with Crippen molar-refractivity contribution in [1.82, 2.24) is 24.8 Å². The van der Waals surface area contributed by atoms with E-state index in [2.05, 4.69) is 27.2 Å². The molecule has 6 heterocycles. The van der Waals surface area contributed by atoms with Crippen LogP contribution in [-0.2, 0) is 13.1 Å². The number of halogens is 1. The Kier molecular flexibility index (Phi) is 6.59. The fraction of sp³-hybridized carbons (Fsp3) is 0.458. The van der Waals surface area contributed by atoms with Gasteiger partial charge in [-0.2, -0.15) is 0 Å². The third-order valence-corrected chi connectivity index (χ3v) is 6.19. The van der Waals surface area contributed by atoms with Gasteiger partial charge in [0.1, 0.15) is 25.3 Å². The summed E-state index contributed by atoms with van der Waals surface area (Å²) in [6.07, 6.45) is 4.16. The van der Waals surface area contributed by atoms with Crippen LogP contribution in [0.3, 0.4) is 0 Å². The van der Waals surface area contributed by atoms with E-state index >= 15 is 0 Å². The second kappa shape index (κ2) is 9.94. The molecule has 0 amide bonds. The van der Waals surface area contributed by atoms with E-state index in [-0.39, 0.29) is 11.3 Å². The summed E-state index contributed by atoms with van der Waals surface area (Å²) in [4.78, 5) is 22.2. The molecule has 9 nitrogen and oxygen atoms in total. The Morgan fingerprint density at radius 3 is 2.76 bits per heavy atom. The fourth-order valence-corrected chi connectivity index (χ4v) is 4.49. The van der Waals surface area contributed by atoms with Gasteiger partial charge in [0.25, 0.3) is 5.56 Å². The van der Waals surface area contributed by atoms with E-state index in [0.717, 1.165) is 42.4 Å². The van der Waals surface area contributed by atoms with Crippen molar-refractivity contribution in [3.05, 3.63) is 52.5 Å². The monoisotopic (exact) mass is 469 g/mol. The van der Waals surface area contributed by atoms with Gasteiger partial charge in [0.15, 0.2) is 23.1 Å². The highest BCUT2D eigenvalue weighted by Crippen LogP contribution is 2.29. The molecule has 1 atom stereocenters. The molecule has 3 aromatic heterocycles. The molecule has 6 rings (SSSR count). The van der Waals surface area contributed by atoms with Crippen LogP contribution in [0.15, 0.2) is 35.4 Å². The van der Waals surface area contributed by atoms with Crippen molar-refractivity contribution < 1.29 is 18.6 Å². The van der Waals surface area contributed by atoms with E-state index in [0.29, 0.717) is 37.4 Å². The van der Waals surface area contributed by atoms with Gasteiger partial charge in [-0.15, -0.1) is 0 Å². The number of pyridine rings is 3. The molecule has 0 saturated carbocycles. The second-order valence-electron chi connectivity index (χ2n) is 8.71. The molecule has 3 aromatic rings. The van der Waals surface area contributed by atoms with Gasteiger partial charge in [0, 0.05) is 25.2 Å². The topological polar surface area (TPSA) is 90.7 Å². The number of hydrogen-bond acceptors (Lipinski definition) is 8. The minimum Gasteiger partial charge on any atom is -0.486 e. The van der Waals surface area contributed by atoms with Crippen molar-refractivity contribution in [2.24, 2.45) is 5.92 Å². The first-order valence-corrected chi connectivity index (χ1v) is 11.5. The minimum atomic E-state index is -0.526. The molecule has 10 heteroatoms. The molecule has 0 aliphatic carbocycles. The average molecular weight is 470 g/mol. The SMILES string of the molecule is CN1CCC(CNCc2cc3c(cn2)OCCO3)C1.O=c1ccc2ncc(F)c3c2n1CCO3. The Balaban J connectivity index is 0.000000145. The molecule has 1 saturated heterocycles. The van der Waals surface area contributed by atoms with E-state index < -0.39 is 5.82 Å². The Labute approximate surface area is 196 Å². The molecule has 34 heavy (non-hydrogen) atoms. The van der Waals surface area contributed by atoms with Crippen LogP contribution in [-0.4, -0.2) is 65.9 Å². The van der Waals surface area contributed by atoms with Crippen LogP contribution >= 0.6 is 0 Å². The van der Waals surface area contributed by atoms with Gasteiger partial charge in [0.05, 0.1) is 30.1 Å². The lowest BCUT2D eigenvalue weighted by Crippen LogP contribution is -2.27. The average Bonchev–Trinajstić information content (AvgIpc) is 3.28. The summed E-state index contributed by atoms with van der Waals surface area (Å²) in [6, 6.07) is 4.98. The molecular formula is C24H28FN5O4. The standard InChI is InChI=1S/C14H21N3O2.C10H7FN2O2/c1-17-3-2-11(10-17)7-15-8-12-6-13-14(9-16-12)19-5-4-18-13;11-6-5-12-7-1-2-8(14)13-3-4-15-10(6)9(7)13/h6,9,11,15H,2-5,7-8,10H2,1H3;1-2,5H,3-4H2. The van der Waals surface area contributed by atoms with E-state index in [9.17, 15) is 9.18 Å². The zero-order chi connectivity index (χ0) is 23.5. The number of nitrogens with one attached hydrogen (secondary N) is 1. The van der Waals surface area contributed by atoms with Crippen LogP contribution in [0.25, 0.3) is 11.0 Å². The molecular weight excluding hydrogens is 441 g/mol. The molecule has 3 aliphatic rings. The summed E-state index contributed by atoms with van der Waals surface area (Å²) >= 11 is 0. The molecule has 0 bridgehead atoms.